The van der Waals surface area contributed by atoms with Crippen LogP contribution >= 0.6 is 11.8 Å². The molecule has 2 amide bonds. The molecule has 0 aromatic heterocycles. The summed E-state index contributed by atoms with van der Waals surface area (Å²) in [6.45, 7) is 2.94. The van der Waals surface area contributed by atoms with Gasteiger partial charge in [0, 0.05) is 48.4 Å². The van der Waals surface area contributed by atoms with Gasteiger partial charge in [-0.05, 0) is 37.6 Å². The Balaban J connectivity index is 1.54. The standard InChI is InChI=1S/C19H28N4O4S2/c1-29(26,27)21-17-6-3-7-22(13-17)14-18(24)20-16-5-2-4-15(12-16)19(25)23-8-10-28-11-9-23/h2,4-5,12,17,21H,3,6-11,13-14H2,1H3,(H,20,24). The average Bonchev–Trinajstić information content (AvgIpc) is 2.67. The van der Waals surface area contributed by atoms with Gasteiger partial charge in [0.05, 0.1) is 12.8 Å². The summed E-state index contributed by atoms with van der Waals surface area (Å²) in [5.74, 6) is 1.72. The number of amides is 2. The molecule has 1 aromatic rings. The molecular formula is C19H28N4O4S2. The number of anilines is 1. The summed E-state index contributed by atoms with van der Waals surface area (Å²) in [5, 5.41) is 2.86. The van der Waals surface area contributed by atoms with Crippen LogP contribution in [-0.2, 0) is 14.8 Å². The number of hydrogen-bond acceptors (Lipinski definition) is 6. The lowest BCUT2D eigenvalue weighted by molar-refractivity contribution is -0.117. The van der Waals surface area contributed by atoms with Crippen molar-refractivity contribution in [3.05, 3.63) is 29.8 Å². The highest BCUT2D eigenvalue weighted by Gasteiger charge is 2.24. The molecule has 2 aliphatic rings. The fourth-order valence-corrected chi connectivity index (χ4v) is 5.38. The second-order valence-corrected chi connectivity index (χ2v) is 10.5. The van der Waals surface area contributed by atoms with Crippen molar-refractivity contribution in [3.63, 3.8) is 0 Å². The van der Waals surface area contributed by atoms with Crippen molar-refractivity contribution in [2.45, 2.75) is 18.9 Å². The van der Waals surface area contributed by atoms with Crippen molar-refractivity contribution in [2.75, 3.05) is 55.8 Å². The first-order chi connectivity index (χ1) is 13.8. The van der Waals surface area contributed by atoms with E-state index < -0.39 is 10.0 Å². The molecule has 160 valence electrons. The molecule has 0 aliphatic carbocycles. The summed E-state index contributed by atoms with van der Waals surface area (Å²) in [5.41, 5.74) is 1.17. The smallest absolute Gasteiger partial charge is 0.253 e. The molecule has 2 saturated heterocycles. The van der Waals surface area contributed by atoms with Crippen molar-refractivity contribution in [3.8, 4) is 0 Å². The third-order valence-electron chi connectivity index (χ3n) is 4.95. The number of rotatable bonds is 6. The molecule has 0 spiro atoms. The van der Waals surface area contributed by atoms with E-state index in [1.165, 1.54) is 0 Å². The van der Waals surface area contributed by atoms with E-state index in [4.69, 9.17) is 0 Å². The number of thioether (sulfide) groups is 1. The first kappa shape index (κ1) is 22.1. The summed E-state index contributed by atoms with van der Waals surface area (Å²) >= 11 is 1.85. The number of carbonyl (C=O) groups is 2. The van der Waals surface area contributed by atoms with E-state index in [9.17, 15) is 18.0 Å². The van der Waals surface area contributed by atoms with Crippen molar-refractivity contribution in [1.82, 2.24) is 14.5 Å². The van der Waals surface area contributed by atoms with Crippen LogP contribution in [0.2, 0.25) is 0 Å². The third kappa shape index (κ3) is 6.98. The molecule has 1 atom stereocenters. The molecule has 2 aliphatic heterocycles. The molecule has 0 radical (unpaired) electrons. The number of nitrogens with zero attached hydrogens (tertiary/aromatic N) is 2. The summed E-state index contributed by atoms with van der Waals surface area (Å²) < 4.78 is 25.5. The van der Waals surface area contributed by atoms with Gasteiger partial charge in [-0.1, -0.05) is 6.07 Å². The van der Waals surface area contributed by atoms with Crippen LogP contribution in [0.4, 0.5) is 5.69 Å². The highest BCUT2D eigenvalue weighted by atomic mass is 32.2. The van der Waals surface area contributed by atoms with E-state index in [2.05, 4.69) is 10.0 Å². The number of benzene rings is 1. The zero-order valence-corrected chi connectivity index (χ0v) is 18.2. The Morgan fingerprint density at radius 2 is 1.97 bits per heavy atom. The van der Waals surface area contributed by atoms with E-state index >= 15 is 0 Å². The lowest BCUT2D eigenvalue weighted by atomic mass is 10.1. The zero-order valence-electron chi connectivity index (χ0n) is 16.6. The van der Waals surface area contributed by atoms with Crippen LogP contribution in [-0.4, -0.2) is 86.6 Å². The number of sulfonamides is 1. The molecule has 2 N–H and O–H groups in total. The van der Waals surface area contributed by atoms with Crippen LogP contribution < -0.4 is 10.0 Å². The monoisotopic (exact) mass is 440 g/mol. The molecule has 3 rings (SSSR count). The first-order valence-electron chi connectivity index (χ1n) is 9.77. The Kier molecular flexibility index (Phi) is 7.55. The molecule has 2 heterocycles. The zero-order chi connectivity index (χ0) is 20.9. The van der Waals surface area contributed by atoms with E-state index in [0.717, 1.165) is 50.2 Å². The Labute approximate surface area is 176 Å². The third-order valence-corrected chi connectivity index (χ3v) is 6.65. The van der Waals surface area contributed by atoms with Crippen LogP contribution in [0.15, 0.2) is 24.3 Å². The van der Waals surface area contributed by atoms with Crippen molar-refractivity contribution in [2.24, 2.45) is 0 Å². The van der Waals surface area contributed by atoms with Gasteiger partial charge in [-0.2, -0.15) is 11.8 Å². The van der Waals surface area contributed by atoms with Gasteiger partial charge >= 0.3 is 0 Å². The summed E-state index contributed by atoms with van der Waals surface area (Å²) in [4.78, 5) is 28.9. The van der Waals surface area contributed by atoms with Crippen molar-refractivity contribution >= 4 is 39.3 Å². The fraction of sp³-hybridized carbons (Fsp3) is 0.579. The van der Waals surface area contributed by atoms with Gasteiger partial charge in [-0.25, -0.2) is 13.1 Å². The number of carbonyl (C=O) groups excluding carboxylic acids is 2. The minimum absolute atomic E-state index is 0.00730. The van der Waals surface area contributed by atoms with Crippen molar-refractivity contribution in [1.29, 1.82) is 0 Å². The molecular weight excluding hydrogens is 412 g/mol. The minimum Gasteiger partial charge on any atom is -0.337 e. The lowest BCUT2D eigenvalue weighted by Crippen LogP contribution is -2.49. The van der Waals surface area contributed by atoms with Crippen LogP contribution in [0, 0.1) is 0 Å². The second-order valence-electron chi connectivity index (χ2n) is 7.50. The van der Waals surface area contributed by atoms with Crippen LogP contribution in [0.3, 0.4) is 0 Å². The maximum absolute atomic E-state index is 12.6. The van der Waals surface area contributed by atoms with Gasteiger partial charge in [0.25, 0.3) is 5.91 Å². The van der Waals surface area contributed by atoms with E-state index in [1.807, 2.05) is 21.6 Å². The van der Waals surface area contributed by atoms with E-state index in [0.29, 0.717) is 17.8 Å². The normalized spacial score (nSPS) is 21.0. The van der Waals surface area contributed by atoms with Gasteiger partial charge < -0.3 is 10.2 Å². The predicted octanol–water partition coefficient (Wildman–Crippen LogP) is 0.828. The number of hydrogen-bond donors (Lipinski definition) is 2. The van der Waals surface area contributed by atoms with Gasteiger partial charge in [-0.3, -0.25) is 14.5 Å². The maximum atomic E-state index is 12.6. The molecule has 0 bridgehead atoms. The van der Waals surface area contributed by atoms with E-state index in [1.54, 1.807) is 24.3 Å². The molecule has 1 aromatic carbocycles. The molecule has 1 unspecified atom stereocenters. The SMILES string of the molecule is CS(=O)(=O)NC1CCCN(CC(=O)Nc2cccc(C(=O)N3CCSCC3)c2)C1. The van der Waals surface area contributed by atoms with Gasteiger partial charge in [0.2, 0.25) is 15.9 Å². The van der Waals surface area contributed by atoms with Crippen LogP contribution in [0.1, 0.15) is 23.2 Å². The van der Waals surface area contributed by atoms with Crippen molar-refractivity contribution < 1.29 is 18.0 Å². The molecule has 10 heteroatoms. The Morgan fingerprint density at radius 3 is 2.69 bits per heavy atom. The van der Waals surface area contributed by atoms with Crippen LogP contribution in [0.5, 0.6) is 0 Å². The summed E-state index contributed by atoms with van der Waals surface area (Å²) in [6.07, 6.45) is 2.75. The summed E-state index contributed by atoms with van der Waals surface area (Å²) in [7, 11) is -3.26. The average molecular weight is 441 g/mol. The van der Waals surface area contributed by atoms with Gasteiger partial charge in [0.1, 0.15) is 0 Å². The van der Waals surface area contributed by atoms with Gasteiger partial charge in [0.15, 0.2) is 0 Å². The second kappa shape index (κ2) is 9.92. The number of nitrogens with one attached hydrogen (secondary N) is 2. The summed E-state index contributed by atoms with van der Waals surface area (Å²) in [6, 6.07) is 6.85. The topological polar surface area (TPSA) is 98.8 Å². The molecule has 8 nitrogen and oxygen atoms in total. The molecule has 29 heavy (non-hydrogen) atoms. The first-order valence-corrected chi connectivity index (χ1v) is 12.8. The Morgan fingerprint density at radius 1 is 1.21 bits per heavy atom. The lowest BCUT2D eigenvalue weighted by Gasteiger charge is -2.32. The molecule has 0 saturated carbocycles. The number of likely N-dealkylation sites (tertiary alicyclic amines) is 1. The maximum Gasteiger partial charge on any atom is 0.253 e. The predicted molar refractivity (Wildman–Crippen MR) is 116 cm³/mol. The Bertz CT molecular complexity index is 840. The van der Waals surface area contributed by atoms with Crippen LogP contribution in [0.25, 0.3) is 0 Å². The van der Waals surface area contributed by atoms with E-state index in [-0.39, 0.29) is 24.4 Å². The quantitative estimate of drug-likeness (QED) is 0.680. The fourth-order valence-electron chi connectivity index (χ4n) is 3.68. The minimum atomic E-state index is -3.26. The van der Waals surface area contributed by atoms with Gasteiger partial charge in [-0.15, -0.1) is 0 Å². The Hall–Kier alpha value is -1.62. The molecule has 2 fully saturated rings. The largest absolute Gasteiger partial charge is 0.337 e. The number of piperidine rings is 1. The highest BCUT2D eigenvalue weighted by molar-refractivity contribution is 7.99. The highest BCUT2D eigenvalue weighted by Crippen LogP contribution is 2.17.